The Morgan fingerprint density at radius 1 is 1.19 bits per heavy atom. The fourth-order valence-corrected chi connectivity index (χ4v) is 2.92. The Morgan fingerprint density at radius 2 is 1.96 bits per heavy atom. The van der Waals surface area contributed by atoms with E-state index in [9.17, 15) is 18.0 Å². The minimum absolute atomic E-state index is 0.190. The molecule has 10 heteroatoms. The van der Waals surface area contributed by atoms with Gasteiger partial charge in [0.05, 0.1) is 5.69 Å². The zero-order chi connectivity index (χ0) is 18.4. The highest BCUT2D eigenvalue weighted by Crippen LogP contribution is 2.36. The molecule has 0 radical (unpaired) electrons. The first kappa shape index (κ1) is 16.3. The van der Waals surface area contributed by atoms with Gasteiger partial charge in [-0.1, -0.05) is 0 Å². The van der Waals surface area contributed by atoms with E-state index in [0.29, 0.717) is 11.1 Å². The first-order valence-corrected chi connectivity index (χ1v) is 7.59. The quantitative estimate of drug-likeness (QED) is 0.720. The molecule has 2 aromatic heterocycles. The summed E-state index contributed by atoms with van der Waals surface area (Å²) in [7, 11) is 0. The van der Waals surface area contributed by atoms with Crippen molar-refractivity contribution in [3.8, 4) is 5.69 Å². The molecule has 0 amide bonds. The average Bonchev–Trinajstić information content (AvgIpc) is 3.35. The smallest absolute Gasteiger partial charge is 0.412 e. The van der Waals surface area contributed by atoms with Crippen LogP contribution in [0.2, 0.25) is 0 Å². The Bertz CT molecular complexity index is 937. The predicted molar refractivity (Wildman–Crippen MR) is 81.9 cm³/mol. The predicted octanol–water partition coefficient (Wildman–Crippen LogP) is 1.94. The summed E-state index contributed by atoms with van der Waals surface area (Å²) in [6.07, 6.45) is 1.05. The Labute approximate surface area is 145 Å². The van der Waals surface area contributed by atoms with Gasteiger partial charge in [0.25, 0.3) is 5.85 Å². The van der Waals surface area contributed by atoms with Gasteiger partial charge in [0.15, 0.2) is 0 Å². The number of esters is 1. The van der Waals surface area contributed by atoms with Crippen molar-refractivity contribution < 1.29 is 22.7 Å². The Hall–Kier alpha value is -3.14. The third-order valence-electron chi connectivity index (χ3n) is 4.04. The van der Waals surface area contributed by atoms with Crippen molar-refractivity contribution in [1.29, 1.82) is 0 Å². The van der Waals surface area contributed by atoms with Crippen LogP contribution in [0, 0.1) is 0 Å². The number of ether oxygens (including phenoxy) is 1. The number of nitrogens with one attached hydrogen (secondary N) is 1. The van der Waals surface area contributed by atoms with E-state index < -0.39 is 18.0 Å². The summed E-state index contributed by atoms with van der Waals surface area (Å²) in [5, 5.41) is 10.9. The van der Waals surface area contributed by atoms with Gasteiger partial charge in [-0.3, -0.25) is 5.32 Å². The highest BCUT2D eigenvalue weighted by molar-refractivity contribution is 5.76. The molecule has 0 aliphatic carbocycles. The summed E-state index contributed by atoms with van der Waals surface area (Å²) >= 11 is 0. The zero-order valence-electron chi connectivity index (χ0n) is 13.1. The number of nitrogens with zero attached hydrogens (tertiary/aromatic N) is 4. The lowest BCUT2D eigenvalue weighted by atomic mass is 10.1. The molecule has 7 nitrogen and oxygen atoms in total. The topological polar surface area (TPSA) is 74.0 Å². The van der Waals surface area contributed by atoms with Crippen molar-refractivity contribution in [2.24, 2.45) is 0 Å². The van der Waals surface area contributed by atoms with Crippen LogP contribution in [0.4, 0.5) is 13.2 Å². The summed E-state index contributed by atoms with van der Waals surface area (Å²) in [5.41, 5.74) is 1.77. The number of rotatable bonds is 3. The van der Waals surface area contributed by atoms with Crippen molar-refractivity contribution in [2.45, 2.75) is 18.6 Å². The molecule has 0 bridgehead atoms. The van der Waals surface area contributed by atoms with Crippen LogP contribution in [0.25, 0.3) is 5.69 Å². The molecule has 26 heavy (non-hydrogen) atoms. The fourth-order valence-electron chi connectivity index (χ4n) is 2.92. The minimum atomic E-state index is -5.13. The van der Waals surface area contributed by atoms with Crippen LogP contribution in [0.1, 0.15) is 11.1 Å². The normalized spacial score (nSPS) is 19.3. The monoisotopic (exact) mass is 363 g/mol. The summed E-state index contributed by atoms with van der Waals surface area (Å²) < 4.78 is 46.0. The molecule has 3 heterocycles. The molecule has 4 rings (SSSR count). The third-order valence-corrected chi connectivity index (χ3v) is 4.04. The first-order chi connectivity index (χ1) is 12.4. The molecule has 1 atom stereocenters. The molecule has 0 saturated heterocycles. The van der Waals surface area contributed by atoms with Crippen LogP contribution in [-0.4, -0.2) is 31.7 Å². The Balaban J connectivity index is 1.80. The van der Waals surface area contributed by atoms with E-state index in [1.54, 1.807) is 41.3 Å². The van der Waals surface area contributed by atoms with Gasteiger partial charge >= 0.3 is 12.1 Å². The number of benzene rings is 1. The summed E-state index contributed by atoms with van der Waals surface area (Å²) in [5.74, 6) is -4.17. The van der Waals surface area contributed by atoms with Gasteiger partial charge in [0, 0.05) is 36.9 Å². The number of fused-ring (bicyclic) bond motifs is 1. The molecule has 3 aromatic rings. The van der Waals surface area contributed by atoms with Crippen LogP contribution in [-0.2, 0) is 21.9 Å². The number of alkyl halides is 3. The van der Waals surface area contributed by atoms with Crippen molar-refractivity contribution in [2.75, 3.05) is 0 Å². The minimum Gasteiger partial charge on any atom is -0.412 e. The van der Waals surface area contributed by atoms with Gasteiger partial charge in [0.1, 0.15) is 0 Å². The summed E-state index contributed by atoms with van der Waals surface area (Å²) in [6, 6.07) is 8.32. The maximum absolute atomic E-state index is 12.8. The largest absolute Gasteiger partial charge is 0.491 e. The van der Waals surface area contributed by atoms with E-state index in [2.05, 4.69) is 15.5 Å². The van der Waals surface area contributed by atoms with Crippen LogP contribution < -0.4 is 5.32 Å². The Kier molecular flexibility index (Phi) is 3.58. The summed E-state index contributed by atoms with van der Waals surface area (Å²) in [4.78, 5) is 11.5. The molecular weight excluding hydrogens is 351 g/mol. The maximum atomic E-state index is 12.8. The van der Waals surface area contributed by atoms with E-state index in [1.807, 2.05) is 0 Å². The molecule has 1 aliphatic heterocycles. The van der Waals surface area contributed by atoms with Crippen molar-refractivity contribution >= 4 is 5.97 Å². The van der Waals surface area contributed by atoms with Gasteiger partial charge in [-0.15, -0.1) is 0 Å². The van der Waals surface area contributed by atoms with E-state index in [0.717, 1.165) is 10.4 Å². The second-order valence-electron chi connectivity index (χ2n) is 5.63. The van der Waals surface area contributed by atoms with Gasteiger partial charge in [-0.05, 0) is 35.9 Å². The van der Waals surface area contributed by atoms with Crippen molar-refractivity contribution in [3.05, 3.63) is 66.2 Å². The van der Waals surface area contributed by atoms with Crippen molar-refractivity contribution in [3.63, 3.8) is 0 Å². The molecule has 134 valence electrons. The molecule has 1 N–H and O–H groups in total. The average molecular weight is 363 g/mol. The summed E-state index contributed by atoms with van der Waals surface area (Å²) in [6.45, 7) is 0.190. The standard InChI is InChI=1S/C16H12F3N5O2/c17-15(18,19)14(25)26-16(24-8-2-6-22-24)13-4-3-12(9-11(13)10-20-16)23-7-1-5-21-23/h1-9,20H,10H2. The lowest BCUT2D eigenvalue weighted by Gasteiger charge is -2.30. The molecule has 1 aliphatic rings. The zero-order valence-corrected chi connectivity index (χ0v) is 13.1. The van der Waals surface area contributed by atoms with Crippen LogP contribution >= 0.6 is 0 Å². The van der Waals surface area contributed by atoms with E-state index in [1.165, 1.54) is 18.5 Å². The number of hydrogen-bond donors (Lipinski definition) is 1. The molecule has 0 spiro atoms. The van der Waals surface area contributed by atoms with Crippen molar-refractivity contribution in [1.82, 2.24) is 24.9 Å². The SMILES string of the molecule is O=C(OC1(n2cccn2)NCc2cc(-n3cccn3)ccc21)C(F)(F)F. The van der Waals surface area contributed by atoms with E-state index in [-0.39, 0.29) is 6.54 Å². The molecule has 0 fully saturated rings. The van der Waals surface area contributed by atoms with Gasteiger partial charge in [-0.2, -0.15) is 23.4 Å². The second kappa shape index (κ2) is 5.70. The maximum Gasteiger partial charge on any atom is 0.491 e. The lowest BCUT2D eigenvalue weighted by Crippen LogP contribution is -2.50. The molecule has 0 saturated carbocycles. The van der Waals surface area contributed by atoms with E-state index >= 15 is 0 Å². The highest BCUT2D eigenvalue weighted by atomic mass is 19.4. The molecule has 1 aromatic carbocycles. The third kappa shape index (κ3) is 2.54. The fraction of sp³-hybridized carbons (Fsp3) is 0.188. The number of halogens is 3. The number of hydrogen-bond acceptors (Lipinski definition) is 5. The van der Waals surface area contributed by atoms with Gasteiger partial charge in [-0.25, -0.2) is 14.2 Å². The number of carbonyl (C=O) groups excluding carboxylic acids is 1. The molecular formula is C16H12F3N5O2. The van der Waals surface area contributed by atoms with Crippen LogP contribution in [0.15, 0.2) is 55.1 Å². The van der Waals surface area contributed by atoms with Gasteiger partial charge < -0.3 is 4.74 Å². The number of carbonyl (C=O) groups is 1. The van der Waals surface area contributed by atoms with Gasteiger partial charge in [0.2, 0.25) is 0 Å². The number of aromatic nitrogens is 4. The Morgan fingerprint density at radius 3 is 2.62 bits per heavy atom. The second-order valence-corrected chi connectivity index (χ2v) is 5.63. The van der Waals surface area contributed by atoms with Crippen LogP contribution in [0.5, 0.6) is 0 Å². The lowest BCUT2D eigenvalue weighted by molar-refractivity contribution is -0.222. The van der Waals surface area contributed by atoms with E-state index in [4.69, 9.17) is 4.74 Å². The van der Waals surface area contributed by atoms with Crippen LogP contribution in [0.3, 0.4) is 0 Å². The highest BCUT2D eigenvalue weighted by Gasteiger charge is 2.51. The molecule has 1 unspecified atom stereocenters. The first-order valence-electron chi connectivity index (χ1n) is 7.59.